The van der Waals surface area contributed by atoms with Gasteiger partial charge in [-0.15, -0.1) is 0 Å². The fourth-order valence-corrected chi connectivity index (χ4v) is 1.69. The third-order valence-corrected chi connectivity index (χ3v) is 2.45. The monoisotopic (exact) mass is 213 g/mol. The number of pyridine rings is 1. The molecule has 0 bridgehead atoms. The summed E-state index contributed by atoms with van der Waals surface area (Å²) in [6.45, 7) is 0. The van der Waals surface area contributed by atoms with Crippen LogP contribution in [0.5, 0.6) is 0 Å². The van der Waals surface area contributed by atoms with Crippen molar-refractivity contribution in [2.24, 2.45) is 0 Å². The molecular weight excluding hydrogens is 202 g/mol. The summed E-state index contributed by atoms with van der Waals surface area (Å²) < 4.78 is 0. The molecule has 0 amide bonds. The van der Waals surface area contributed by atoms with Crippen molar-refractivity contribution in [1.82, 2.24) is 4.98 Å². The maximum atomic E-state index is 11.7. The Labute approximate surface area is 92.7 Å². The summed E-state index contributed by atoms with van der Waals surface area (Å²) in [6, 6.07) is 8.76. The molecule has 0 radical (unpaired) electrons. The Morgan fingerprint density at radius 1 is 1.38 bits per heavy atom. The number of hydrogen-bond acceptors (Lipinski definition) is 3. The Hall–Kier alpha value is -2.28. The normalized spacial score (nSPS) is 10.1. The Bertz CT molecular complexity index is 635. The fraction of sp³-hybridized carbons (Fsp3) is 0.167. The van der Waals surface area contributed by atoms with Gasteiger partial charge in [-0.05, 0) is 12.1 Å². The maximum absolute atomic E-state index is 11.7. The second kappa shape index (κ2) is 3.70. The number of hydrogen-bond donors (Lipinski definition) is 1. The fourth-order valence-electron chi connectivity index (χ4n) is 1.69. The summed E-state index contributed by atoms with van der Waals surface area (Å²) in [5, 5.41) is 9.42. The van der Waals surface area contributed by atoms with E-state index in [0.717, 1.165) is 5.69 Å². The number of nitrogens with one attached hydrogen (secondary N) is 1. The number of nitrogens with zero attached hydrogens (tertiary/aromatic N) is 2. The quantitative estimate of drug-likeness (QED) is 0.780. The van der Waals surface area contributed by atoms with Crippen LogP contribution in [0.1, 0.15) is 5.69 Å². The Balaban J connectivity index is 2.92. The van der Waals surface area contributed by atoms with E-state index in [2.05, 4.69) is 4.98 Å². The van der Waals surface area contributed by atoms with Gasteiger partial charge in [-0.3, -0.25) is 4.79 Å². The van der Waals surface area contributed by atoms with Crippen molar-refractivity contribution in [1.29, 1.82) is 5.26 Å². The molecule has 4 nitrogen and oxygen atoms in total. The van der Waals surface area contributed by atoms with Gasteiger partial charge in [0.25, 0.3) is 0 Å². The summed E-state index contributed by atoms with van der Waals surface area (Å²) >= 11 is 0. The van der Waals surface area contributed by atoms with E-state index in [1.54, 1.807) is 6.07 Å². The second-order valence-electron chi connectivity index (χ2n) is 3.75. The standard InChI is InChI=1S/C12H11N3O/c1-15(2)10-5-3-4-9-11(16)6-8(7-13)14-12(9)10/h3-6H,1-2H3,(H,14,16). The number of para-hydroxylation sites is 1. The van der Waals surface area contributed by atoms with Crippen LogP contribution >= 0.6 is 0 Å². The number of rotatable bonds is 1. The lowest BCUT2D eigenvalue weighted by Crippen LogP contribution is -2.12. The summed E-state index contributed by atoms with van der Waals surface area (Å²) in [5.74, 6) is 0. The molecule has 0 saturated carbocycles. The lowest BCUT2D eigenvalue weighted by Gasteiger charge is -2.14. The first-order valence-corrected chi connectivity index (χ1v) is 4.87. The number of nitriles is 1. The van der Waals surface area contributed by atoms with Crippen LogP contribution < -0.4 is 10.3 Å². The summed E-state index contributed by atoms with van der Waals surface area (Å²) in [5.41, 5.74) is 1.75. The highest BCUT2D eigenvalue weighted by Crippen LogP contribution is 2.21. The topological polar surface area (TPSA) is 59.9 Å². The number of benzene rings is 1. The zero-order valence-corrected chi connectivity index (χ0v) is 9.11. The van der Waals surface area contributed by atoms with Crippen LogP contribution in [0.2, 0.25) is 0 Å². The van der Waals surface area contributed by atoms with E-state index in [1.807, 2.05) is 37.2 Å². The lowest BCUT2D eigenvalue weighted by molar-refractivity contribution is 1.13. The van der Waals surface area contributed by atoms with Crippen molar-refractivity contribution in [3.63, 3.8) is 0 Å². The lowest BCUT2D eigenvalue weighted by atomic mass is 10.1. The van der Waals surface area contributed by atoms with Gasteiger partial charge in [0, 0.05) is 25.5 Å². The molecule has 0 atom stereocenters. The molecule has 0 fully saturated rings. The zero-order valence-electron chi connectivity index (χ0n) is 9.11. The van der Waals surface area contributed by atoms with Crippen LogP contribution in [0.3, 0.4) is 0 Å². The Morgan fingerprint density at radius 3 is 2.75 bits per heavy atom. The SMILES string of the molecule is CN(C)c1cccc2c(=O)cc(C#N)[nH]c12. The number of aromatic amines is 1. The van der Waals surface area contributed by atoms with Gasteiger partial charge < -0.3 is 9.88 Å². The summed E-state index contributed by atoms with van der Waals surface area (Å²) in [4.78, 5) is 16.6. The third-order valence-electron chi connectivity index (χ3n) is 2.45. The van der Waals surface area contributed by atoms with E-state index in [-0.39, 0.29) is 11.1 Å². The molecule has 0 unspecified atom stereocenters. The first-order chi connectivity index (χ1) is 7.63. The van der Waals surface area contributed by atoms with E-state index in [4.69, 9.17) is 5.26 Å². The molecular formula is C12H11N3O. The molecule has 0 aliphatic carbocycles. The van der Waals surface area contributed by atoms with E-state index in [9.17, 15) is 4.79 Å². The Morgan fingerprint density at radius 2 is 2.12 bits per heavy atom. The van der Waals surface area contributed by atoms with Gasteiger partial charge in [0.15, 0.2) is 5.43 Å². The molecule has 0 saturated heterocycles. The molecule has 2 rings (SSSR count). The van der Waals surface area contributed by atoms with Gasteiger partial charge in [-0.2, -0.15) is 5.26 Å². The Kier molecular flexibility index (Phi) is 2.37. The van der Waals surface area contributed by atoms with Crippen molar-refractivity contribution in [2.45, 2.75) is 0 Å². The molecule has 1 aromatic carbocycles. The molecule has 0 aliphatic rings. The van der Waals surface area contributed by atoms with E-state index < -0.39 is 0 Å². The second-order valence-corrected chi connectivity index (χ2v) is 3.75. The minimum absolute atomic E-state index is 0.131. The van der Waals surface area contributed by atoms with Gasteiger partial charge in [0.1, 0.15) is 11.8 Å². The minimum atomic E-state index is -0.131. The van der Waals surface area contributed by atoms with Crippen molar-refractivity contribution in [3.05, 3.63) is 40.2 Å². The smallest absolute Gasteiger partial charge is 0.190 e. The molecule has 16 heavy (non-hydrogen) atoms. The predicted octanol–water partition coefficient (Wildman–Crippen LogP) is 1.47. The third kappa shape index (κ3) is 1.52. The van der Waals surface area contributed by atoms with Gasteiger partial charge in [0.2, 0.25) is 0 Å². The summed E-state index contributed by atoms with van der Waals surface area (Å²) in [7, 11) is 3.79. The highest BCUT2D eigenvalue weighted by molar-refractivity contribution is 5.90. The molecule has 0 aliphatic heterocycles. The highest BCUT2D eigenvalue weighted by Gasteiger charge is 2.07. The maximum Gasteiger partial charge on any atom is 0.190 e. The molecule has 4 heteroatoms. The van der Waals surface area contributed by atoms with Gasteiger partial charge >= 0.3 is 0 Å². The van der Waals surface area contributed by atoms with Crippen molar-refractivity contribution in [3.8, 4) is 6.07 Å². The minimum Gasteiger partial charge on any atom is -0.376 e. The van der Waals surface area contributed by atoms with Crippen LogP contribution in [0, 0.1) is 11.3 Å². The molecule has 1 N–H and O–H groups in total. The highest BCUT2D eigenvalue weighted by atomic mass is 16.1. The van der Waals surface area contributed by atoms with Crippen molar-refractivity contribution in [2.75, 3.05) is 19.0 Å². The molecule has 1 heterocycles. The van der Waals surface area contributed by atoms with Gasteiger partial charge in [-0.1, -0.05) is 6.07 Å². The number of aromatic nitrogens is 1. The molecule has 80 valence electrons. The largest absolute Gasteiger partial charge is 0.376 e. The van der Waals surface area contributed by atoms with E-state index in [1.165, 1.54) is 6.07 Å². The van der Waals surface area contributed by atoms with Crippen molar-refractivity contribution >= 4 is 16.6 Å². The number of anilines is 1. The van der Waals surface area contributed by atoms with Crippen LogP contribution in [0.4, 0.5) is 5.69 Å². The average molecular weight is 213 g/mol. The molecule has 1 aromatic heterocycles. The first-order valence-electron chi connectivity index (χ1n) is 4.87. The number of H-pyrrole nitrogens is 1. The number of fused-ring (bicyclic) bond motifs is 1. The van der Waals surface area contributed by atoms with Gasteiger partial charge in [-0.25, -0.2) is 0 Å². The van der Waals surface area contributed by atoms with Crippen LogP contribution in [0.15, 0.2) is 29.1 Å². The average Bonchev–Trinajstić information content (AvgIpc) is 2.28. The predicted molar refractivity (Wildman–Crippen MR) is 63.6 cm³/mol. The van der Waals surface area contributed by atoms with Crippen LogP contribution in [-0.2, 0) is 0 Å². The van der Waals surface area contributed by atoms with Crippen LogP contribution in [0.25, 0.3) is 10.9 Å². The van der Waals surface area contributed by atoms with Crippen LogP contribution in [-0.4, -0.2) is 19.1 Å². The molecule has 2 aromatic rings. The van der Waals surface area contributed by atoms with Crippen molar-refractivity contribution < 1.29 is 0 Å². The van der Waals surface area contributed by atoms with E-state index >= 15 is 0 Å². The zero-order chi connectivity index (χ0) is 11.7. The van der Waals surface area contributed by atoms with Gasteiger partial charge in [0.05, 0.1) is 11.2 Å². The van der Waals surface area contributed by atoms with E-state index in [0.29, 0.717) is 10.9 Å². The molecule has 0 spiro atoms. The first kappa shape index (κ1) is 10.2. The summed E-state index contributed by atoms with van der Waals surface area (Å²) in [6.07, 6.45) is 0.